The molecule has 2 aromatic heterocycles. The summed E-state index contributed by atoms with van der Waals surface area (Å²) in [6.07, 6.45) is 14.0. The molecular weight excluding hydrogens is 400 g/mol. The Morgan fingerprint density at radius 1 is 1.07 bits per heavy atom. The molecule has 0 spiro atoms. The molecule has 2 fully saturated rings. The molecule has 2 aromatic rings. The van der Waals surface area contributed by atoms with Crippen molar-refractivity contribution in [3.05, 3.63) is 35.5 Å². The first kappa shape index (κ1) is 20.7. The Kier molecular flexibility index (Phi) is 7.44. The van der Waals surface area contributed by atoms with Crippen molar-refractivity contribution in [2.24, 2.45) is 0 Å². The van der Waals surface area contributed by atoms with E-state index < -0.39 is 0 Å². The topological polar surface area (TPSA) is 58.1 Å². The maximum atomic E-state index is 13.3. The SMILES string of the molecule is O=C(Nc1nc(CSc2ccccn2)cs1)N(C1CCCCC1)C1CCCCC1. The van der Waals surface area contributed by atoms with Crippen LogP contribution >= 0.6 is 23.1 Å². The third-order valence-electron chi connectivity index (χ3n) is 5.94. The molecule has 0 radical (unpaired) electrons. The normalized spacial score (nSPS) is 18.5. The van der Waals surface area contributed by atoms with Crippen LogP contribution in [0, 0.1) is 0 Å². The number of amides is 2. The lowest BCUT2D eigenvalue weighted by atomic mass is 9.89. The van der Waals surface area contributed by atoms with Crippen LogP contribution in [0.4, 0.5) is 9.93 Å². The molecule has 2 saturated carbocycles. The van der Waals surface area contributed by atoms with Crippen LogP contribution in [-0.4, -0.2) is 33.0 Å². The number of carbonyl (C=O) groups is 1. The number of hydrogen-bond donors (Lipinski definition) is 1. The fourth-order valence-electron chi connectivity index (χ4n) is 4.52. The first-order valence-electron chi connectivity index (χ1n) is 10.9. The van der Waals surface area contributed by atoms with Crippen LogP contribution in [0.1, 0.15) is 69.9 Å². The molecule has 2 aliphatic carbocycles. The van der Waals surface area contributed by atoms with Gasteiger partial charge in [-0.2, -0.15) is 0 Å². The fourth-order valence-corrected chi connectivity index (χ4v) is 6.07. The van der Waals surface area contributed by atoms with Crippen molar-refractivity contribution >= 4 is 34.3 Å². The number of hydrogen-bond acceptors (Lipinski definition) is 5. The molecule has 0 atom stereocenters. The van der Waals surface area contributed by atoms with Crippen LogP contribution in [0.25, 0.3) is 0 Å². The summed E-state index contributed by atoms with van der Waals surface area (Å²) >= 11 is 3.19. The molecule has 2 heterocycles. The number of thioether (sulfide) groups is 1. The number of nitrogens with one attached hydrogen (secondary N) is 1. The van der Waals surface area contributed by atoms with Crippen LogP contribution in [-0.2, 0) is 5.75 Å². The van der Waals surface area contributed by atoms with Gasteiger partial charge >= 0.3 is 6.03 Å². The van der Waals surface area contributed by atoms with Gasteiger partial charge in [0.05, 0.1) is 10.7 Å². The van der Waals surface area contributed by atoms with Gasteiger partial charge in [-0.15, -0.1) is 23.1 Å². The third-order valence-corrected chi connectivity index (χ3v) is 7.73. The molecule has 156 valence electrons. The lowest BCUT2D eigenvalue weighted by molar-refractivity contribution is 0.114. The largest absolute Gasteiger partial charge is 0.324 e. The highest BCUT2D eigenvalue weighted by Gasteiger charge is 2.32. The van der Waals surface area contributed by atoms with E-state index in [-0.39, 0.29) is 6.03 Å². The minimum Gasteiger partial charge on any atom is -0.319 e. The van der Waals surface area contributed by atoms with E-state index in [0.29, 0.717) is 17.2 Å². The van der Waals surface area contributed by atoms with Crippen LogP contribution in [0.3, 0.4) is 0 Å². The zero-order chi connectivity index (χ0) is 19.9. The summed E-state index contributed by atoms with van der Waals surface area (Å²) in [4.78, 5) is 24.4. The summed E-state index contributed by atoms with van der Waals surface area (Å²) in [5.74, 6) is 0.762. The van der Waals surface area contributed by atoms with Crippen LogP contribution in [0.5, 0.6) is 0 Å². The van der Waals surface area contributed by atoms with E-state index in [4.69, 9.17) is 0 Å². The number of rotatable bonds is 6. The van der Waals surface area contributed by atoms with Gasteiger partial charge in [0.25, 0.3) is 0 Å². The highest BCUT2D eigenvalue weighted by molar-refractivity contribution is 7.98. The summed E-state index contributed by atoms with van der Waals surface area (Å²) in [5, 5.41) is 6.87. The second-order valence-corrected chi connectivity index (χ2v) is 9.88. The Labute approximate surface area is 181 Å². The first-order valence-corrected chi connectivity index (χ1v) is 12.7. The maximum Gasteiger partial charge on any atom is 0.324 e. The second kappa shape index (κ2) is 10.4. The minimum atomic E-state index is 0.0575. The number of carbonyl (C=O) groups excluding carboxylic acids is 1. The molecule has 0 bridgehead atoms. The monoisotopic (exact) mass is 430 g/mol. The number of anilines is 1. The average molecular weight is 431 g/mol. The highest BCUT2D eigenvalue weighted by atomic mass is 32.2. The Morgan fingerprint density at radius 2 is 1.76 bits per heavy atom. The highest BCUT2D eigenvalue weighted by Crippen LogP contribution is 2.31. The predicted molar refractivity (Wildman–Crippen MR) is 121 cm³/mol. The number of thiazole rings is 1. The smallest absolute Gasteiger partial charge is 0.319 e. The van der Waals surface area contributed by atoms with Gasteiger partial charge in [0, 0.05) is 29.4 Å². The number of nitrogens with zero attached hydrogens (tertiary/aromatic N) is 3. The zero-order valence-corrected chi connectivity index (χ0v) is 18.5. The van der Waals surface area contributed by atoms with Crippen LogP contribution in [0.2, 0.25) is 0 Å². The minimum absolute atomic E-state index is 0.0575. The molecule has 2 amide bonds. The van der Waals surface area contributed by atoms with Gasteiger partial charge in [-0.05, 0) is 37.8 Å². The molecule has 7 heteroatoms. The van der Waals surface area contributed by atoms with Gasteiger partial charge in [-0.25, -0.2) is 14.8 Å². The predicted octanol–water partition coefficient (Wildman–Crippen LogP) is 6.33. The van der Waals surface area contributed by atoms with Crippen molar-refractivity contribution in [2.75, 3.05) is 5.32 Å². The summed E-state index contributed by atoms with van der Waals surface area (Å²) in [6.45, 7) is 0. The fraction of sp³-hybridized carbons (Fsp3) is 0.591. The van der Waals surface area contributed by atoms with Gasteiger partial charge in [-0.1, -0.05) is 44.6 Å². The van der Waals surface area contributed by atoms with Gasteiger partial charge in [-0.3, -0.25) is 5.32 Å². The van der Waals surface area contributed by atoms with E-state index in [2.05, 4.69) is 20.2 Å². The summed E-state index contributed by atoms with van der Waals surface area (Å²) < 4.78 is 0. The molecule has 0 saturated heterocycles. The Hall–Kier alpha value is -1.60. The molecular formula is C22H30N4OS2. The zero-order valence-electron chi connectivity index (χ0n) is 16.9. The molecule has 4 rings (SSSR count). The second-order valence-electron chi connectivity index (χ2n) is 8.02. The molecule has 5 nitrogen and oxygen atoms in total. The van der Waals surface area contributed by atoms with E-state index in [1.165, 1.54) is 49.9 Å². The molecule has 0 aromatic carbocycles. The van der Waals surface area contributed by atoms with Crippen LogP contribution < -0.4 is 5.32 Å². The van der Waals surface area contributed by atoms with Crippen molar-refractivity contribution in [1.82, 2.24) is 14.9 Å². The van der Waals surface area contributed by atoms with Crippen molar-refractivity contribution in [1.29, 1.82) is 0 Å². The first-order chi connectivity index (χ1) is 14.3. The summed E-state index contributed by atoms with van der Waals surface area (Å²) in [6, 6.07) is 6.77. The Balaban J connectivity index is 1.38. The lowest BCUT2D eigenvalue weighted by Crippen LogP contribution is -2.50. The van der Waals surface area contributed by atoms with E-state index in [0.717, 1.165) is 42.2 Å². The maximum absolute atomic E-state index is 13.3. The quantitative estimate of drug-likeness (QED) is 0.544. The number of aromatic nitrogens is 2. The van der Waals surface area contributed by atoms with Crippen molar-refractivity contribution in [3.8, 4) is 0 Å². The number of urea groups is 1. The molecule has 29 heavy (non-hydrogen) atoms. The number of pyridine rings is 1. The van der Waals surface area contributed by atoms with E-state index >= 15 is 0 Å². The Bertz CT molecular complexity index is 752. The summed E-state index contributed by atoms with van der Waals surface area (Å²) in [7, 11) is 0. The van der Waals surface area contributed by atoms with Crippen molar-refractivity contribution < 1.29 is 4.79 Å². The van der Waals surface area contributed by atoms with Gasteiger partial charge in [0.1, 0.15) is 0 Å². The molecule has 0 aliphatic heterocycles. The van der Waals surface area contributed by atoms with Gasteiger partial charge in [0.2, 0.25) is 0 Å². The average Bonchev–Trinajstić information content (AvgIpc) is 3.22. The Morgan fingerprint density at radius 3 is 2.38 bits per heavy atom. The van der Waals surface area contributed by atoms with E-state index in [1.54, 1.807) is 18.0 Å². The molecule has 0 unspecified atom stereocenters. The molecule has 1 N–H and O–H groups in total. The van der Waals surface area contributed by atoms with Crippen molar-refractivity contribution in [2.45, 2.75) is 87.1 Å². The lowest BCUT2D eigenvalue weighted by Gasteiger charge is -2.41. The van der Waals surface area contributed by atoms with E-state index in [1.807, 2.05) is 23.6 Å². The van der Waals surface area contributed by atoms with E-state index in [9.17, 15) is 4.79 Å². The van der Waals surface area contributed by atoms with Gasteiger partial charge < -0.3 is 4.90 Å². The summed E-state index contributed by atoms with van der Waals surface area (Å²) in [5.41, 5.74) is 0.989. The van der Waals surface area contributed by atoms with Crippen molar-refractivity contribution in [3.63, 3.8) is 0 Å². The van der Waals surface area contributed by atoms with Gasteiger partial charge in [0.15, 0.2) is 5.13 Å². The third kappa shape index (κ3) is 5.72. The van der Waals surface area contributed by atoms with Crippen LogP contribution in [0.15, 0.2) is 34.8 Å². The molecule has 2 aliphatic rings. The standard InChI is InChI=1S/C22H30N4OS2/c27-22(26(18-9-3-1-4-10-18)19-11-5-2-6-12-19)25-21-24-17(16-29-21)15-28-20-13-7-8-14-23-20/h7-8,13-14,16,18-19H,1-6,9-12,15H2,(H,24,25,27).